The summed E-state index contributed by atoms with van der Waals surface area (Å²) in [7, 11) is 0. The number of nitrogens with two attached hydrogens (primary N) is 1. The molecule has 1 aromatic carbocycles. The lowest BCUT2D eigenvalue weighted by atomic mass is 10.2. The van der Waals surface area contributed by atoms with Crippen LogP contribution >= 0.6 is 11.6 Å². The molecule has 0 amide bonds. The SMILES string of the molecule is Nc1ccc(-c2nc(-c3ncccn3)no2)cc1Cl. The Balaban J connectivity index is 1.99. The van der Waals surface area contributed by atoms with E-state index in [-0.39, 0.29) is 0 Å². The molecule has 0 spiro atoms. The van der Waals surface area contributed by atoms with Gasteiger partial charge in [0.25, 0.3) is 5.89 Å². The molecular weight excluding hydrogens is 266 g/mol. The van der Waals surface area contributed by atoms with Gasteiger partial charge in [0, 0.05) is 18.0 Å². The number of nitrogen functional groups attached to an aromatic ring is 1. The summed E-state index contributed by atoms with van der Waals surface area (Å²) in [6.07, 6.45) is 3.22. The predicted octanol–water partition coefficient (Wildman–Crippen LogP) is 2.43. The van der Waals surface area contributed by atoms with Crippen LogP contribution in [0.2, 0.25) is 5.02 Å². The van der Waals surface area contributed by atoms with E-state index in [0.29, 0.717) is 33.8 Å². The molecule has 0 unspecified atom stereocenters. The van der Waals surface area contributed by atoms with Gasteiger partial charge in [-0.3, -0.25) is 0 Å². The van der Waals surface area contributed by atoms with Crippen molar-refractivity contribution in [1.29, 1.82) is 0 Å². The third-order valence-electron chi connectivity index (χ3n) is 2.44. The van der Waals surface area contributed by atoms with Gasteiger partial charge in [0.1, 0.15) is 0 Å². The molecule has 7 heteroatoms. The van der Waals surface area contributed by atoms with Crippen LogP contribution in [0.5, 0.6) is 0 Å². The highest BCUT2D eigenvalue weighted by Crippen LogP contribution is 2.26. The summed E-state index contributed by atoms with van der Waals surface area (Å²) in [5, 5.41) is 4.27. The van der Waals surface area contributed by atoms with Crippen molar-refractivity contribution in [2.24, 2.45) is 0 Å². The van der Waals surface area contributed by atoms with Gasteiger partial charge in [0.05, 0.1) is 10.7 Å². The lowest BCUT2D eigenvalue weighted by Gasteiger charge is -1.98. The molecule has 0 radical (unpaired) electrons. The lowest BCUT2D eigenvalue weighted by molar-refractivity contribution is 0.432. The van der Waals surface area contributed by atoms with E-state index < -0.39 is 0 Å². The zero-order valence-corrected chi connectivity index (χ0v) is 10.4. The molecule has 0 saturated carbocycles. The van der Waals surface area contributed by atoms with E-state index in [4.69, 9.17) is 21.9 Å². The molecule has 0 aliphatic heterocycles. The predicted molar refractivity (Wildman–Crippen MR) is 70.2 cm³/mol. The van der Waals surface area contributed by atoms with E-state index in [9.17, 15) is 0 Å². The molecule has 0 saturated heterocycles. The molecule has 2 aromatic heterocycles. The van der Waals surface area contributed by atoms with Crippen molar-refractivity contribution in [2.45, 2.75) is 0 Å². The minimum absolute atomic E-state index is 0.323. The summed E-state index contributed by atoms with van der Waals surface area (Å²) in [4.78, 5) is 12.3. The Morgan fingerprint density at radius 3 is 2.63 bits per heavy atom. The van der Waals surface area contributed by atoms with Crippen LogP contribution < -0.4 is 5.73 Å². The fourth-order valence-corrected chi connectivity index (χ4v) is 1.69. The van der Waals surface area contributed by atoms with Crippen LogP contribution in [0, 0.1) is 0 Å². The summed E-state index contributed by atoms with van der Waals surface area (Å²) in [6.45, 7) is 0. The Labute approximate surface area is 113 Å². The molecule has 2 N–H and O–H groups in total. The molecule has 0 bridgehead atoms. The van der Waals surface area contributed by atoms with Crippen molar-refractivity contribution in [1.82, 2.24) is 20.1 Å². The second-order valence-electron chi connectivity index (χ2n) is 3.73. The Morgan fingerprint density at radius 1 is 1.11 bits per heavy atom. The van der Waals surface area contributed by atoms with Gasteiger partial charge >= 0.3 is 0 Å². The zero-order valence-electron chi connectivity index (χ0n) is 9.62. The fourth-order valence-electron chi connectivity index (χ4n) is 1.51. The number of aromatic nitrogens is 4. The summed E-state index contributed by atoms with van der Waals surface area (Å²) < 4.78 is 5.16. The zero-order chi connectivity index (χ0) is 13.2. The molecule has 3 aromatic rings. The van der Waals surface area contributed by atoms with Gasteiger partial charge in [-0.2, -0.15) is 4.98 Å². The molecule has 3 rings (SSSR count). The van der Waals surface area contributed by atoms with E-state index in [1.807, 2.05) is 0 Å². The van der Waals surface area contributed by atoms with Crippen molar-refractivity contribution >= 4 is 17.3 Å². The Bertz CT molecular complexity index is 713. The summed E-state index contributed by atoms with van der Waals surface area (Å²) in [6, 6.07) is 6.81. The lowest BCUT2D eigenvalue weighted by Crippen LogP contribution is -1.89. The van der Waals surface area contributed by atoms with Crippen molar-refractivity contribution in [3.63, 3.8) is 0 Å². The number of rotatable bonds is 2. The highest BCUT2D eigenvalue weighted by Gasteiger charge is 2.13. The quantitative estimate of drug-likeness (QED) is 0.721. The normalized spacial score (nSPS) is 10.6. The standard InChI is InChI=1S/C12H8ClN5O/c13-8-6-7(2-3-9(8)14)12-17-11(18-19-12)10-15-4-1-5-16-10/h1-6H,14H2. The third kappa shape index (κ3) is 2.25. The molecular formula is C12H8ClN5O. The van der Waals surface area contributed by atoms with Gasteiger partial charge < -0.3 is 10.3 Å². The van der Waals surface area contributed by atoms with Crippen LogP contribution in [0.4, 0.5) is 5.69 Å². The maximum atomic E-state index is 5.95. The molecule has 2 heterocycles. The first-order chi connectivity index (χ1) is 9.24. The van der Waals surface area contributed by atoms with Crippen LogP contribution in [0.25, 0.3) is 23.1 Å². The molecule has 6 nitrogen and oxygen atoms in total. The molecule has 0 fully saturated rings. The van der Waals surface area contributed by atoms with Crippen molar-refractivity contribution in [3.05, 3.63) is 41.7 Å². The molecule has 94 valence electrons. The van der Waals surface area contributed by atoms with Crippen molar-refractivity contribution < 1.29 is 4.52 Å². The second kappa shape index (κ2) is 4.66. The van der Waals surface area contributed by atoms with E-state index in [1.165, 1.54) is 0 Å². The minimum atomic E-state index is 0.323. The highest BCUT2D eigenvalue weighted by atomic mass is 35.5. The monoisotopic (exact) mass is 273 g/mol. The fraction of sp³-hybridized carbons (Fsp3) is 0. The number of hydrogen-bond donors (Lipinski definition) is 1. The molecule has 0 atom stereocenters. The number of anilines is 1. The van der Waals surface area contributed by atoms with Gasteiger partial charge in [0.15, 0.2) is 0 Å². The van der Waals surface area contributed by atoms with Gasteiger partial charge in [-0.25, -0.2) is 9.97 Å². The number of benzene rings is 1. The van der Waals surface area contributed by atoms with E-state index >= 15 is 0 Å². The summed E-state index contributed by atoms with van der Waals surface area (Å²) in [5.41, 5.74) is 6.83. The van der Waals surface area contributed by atoms with Crippen molar-refractivity contribution in [2.75, 3.05) is 5.73 Å². The Hall–Kier alpha value is -2.47. The topological polar surface area (TPSA) is 90.7 Å². The van der Waals surface area contributed by atoms with Crippen LogP contribution in [0.3, 0.4) is 0 Å². The van der Waals surface area contributed by atoms with Crippen LogP contribution in [0.1, 0.15) is 0 Å². The smallest absolute Gasteiger partial charge is 0.258 e. The van der Waals surface area contributed by atoms with Crippen LogP contribution in [0.15, 0.2) is 41.2 Å². The summed E-state index contributed by atoms with van der Waals surface area (Å²) >= 11 is 5.95. The maximum Gasteiger partial charge on any atom is 0.258 e. The van der Waals surface area contributed by atoms with E-state index in [0.717, 1.165) is 0 Å². The van der Waals surface area contributed by atoms with Gasteiger partial charge in [-0.15, -0.1) is 0 Å². The number of halogens is 1. The average Bonchev–Trinajstić information content (AvgIpc) is 2.93. The van der Waals surface area contributed by atoms with Gasteiger partial charge in [0.2, 0.25) is 11.6 Å². The second-order valence-corrected chi connectivity index (χ2v) is 4.14. The Kier molecular flexibility index (Phi) is 2.85. The first kappa shape index (κ1) is 11.6. The molecule has 0 aliphatic rings. The van der Waals surface area contributed by atoms with Crippen LogP contribution in [-0.4, -0.2) is 20.1 Å². The van der Waals surface area contributed by atoms with Crippen molar-refractivity contribution in [3.8, 4) is 23.1 Å². The molecule has 19 heavy (non-hydrogen) atoms. The van der Waals surface area contributed by atoms with E-state index in [1.54, 1.807) is 36.7 Å². The first-order valence-corrected chi connectivity index (χ1v) is 5.78. The average molecular weight is 274 g/mol. The summed E-state index contributed by atoms with van der Waals surface area (Å²) in [5.74, 6) is 1.06. The maximum absolute atomic E-state index is 5.95. The third-order valence-corrected chi connectivity index (χ3v) is 2.77. The largest absolute Gasteiger partial charge is 0.398 e. The van der Waals surface area contributed by atoms with Gasteiger partial charge in [-0.1, -0.05) is 16.8 Å². The Morgan fingerprint density at radius 2 is 1.89 bits per heavy atom. The highest BCUT2D eigenvalue weighted by molar-refractivity contribution is 6.33. The van der Waals surface area contributed by atoms with Crippen LogP contribution in [-0.2, 0) is 0 Å². The first-order valence-electron chi connectivity index (χ1n) is 5.40. The van der Waals surface area contributed by atoms with Gasteiger partial charge in [-0.05, 0) is 24.3 Å². The number of hydrogen-bond acceptors (Lipinski definition) is 6. The molecule has 0 aliphatic carbocycles. The number of nitrogens with zero attached hydrogens (tertiary/aromatic N) is 4. The minimum Gasteiger partial charge on any atom is -0.398 e. The van der Waals surface area contributed by atoms with E-state index in [2.05, 4.69) is 20.1 Å².